The molecule has 0 spiro atoms. The molecule has 2 aromatic heterocycles. The summed E-state index contributed by atoms with van der Waals surface area (Å²) in [6.45, 7) is 14.4. The number of piperazine rings is 1. The number of aliphatic hydroxyl groups excluding tert-OH is 1. The van der Waals surface area contributed by atoms with Gasteiger partial charge in [-0.3, -0.25) is 19.4 Å². The van der Waals surface area contributed by atoms with Gasteiger partial charge in [0.05, 0.1) is 27.7 Å². The Morgan fingerprint density at radius 3 is 2.48 bits per heavy atom. The van der Waals surface area contributed by atoms with Crippen molar-refractivity contribution in [3.05, 3.63) is 74.3 Å². The number of carbonyl (C=O) groups excluding carboxylic acids is 2. The first kappa shape index (κ1) is 36.2. The van der Waals surface area contributed by atoms with E-state index in [1.165, 1.54) is 12.1 Å². The summed E-state index contributed by atoms with van der Waals surface area (Å²) in [5, 5.41) is 17.5. The molecule has 1 aliphatic rings. The van der Waals surface area contributed by atoms with E-state index in [1.807, 2.05) is 25.7 Å². The molecule has 2 amide bonds. The van der Waals surface area contributed by atoms with Gasteiger partial charge in [0.1, 0.15) is 23.8 Å². The standard InChI is InChI=1S/C33H41ClF2N8O4/c1-8-19(3)17-37-21(5)29(46)20(4)30(47)42-14-12-41(13-15-42)28-26(9-2)43(32-38-22(6)40-44(32)31(28)48)18-27(45)39-25-11-10-23(16-24(25)34)33(7,35)36/h10-11,16-17,19,46H,4,8-9,12-15,18H2,1-3,5-7H3,(H,39,45)/b29-21+,37-17?. The van der Waals surface area contributed by atoms with E-state index in [4.69, 9.17) is 11.6 Å². The first-order valence-corrected chi connectivity index (χ1v) is 16.1. The molecule has 0 bridgehead atoms. The zero-order chi connectivity index (χ0) is 35.5. The van der Waals surface area contributed by atoms with E-state index in [9.17, 15) is 28.3 Å². The van der Waals surface area contributed by atoms with Gasteiger partial charge in [-0.2, -0.15) is 9.50 Å². The van der Waals surface area contributed by atoms with Crippen molar-refractivity contribution in [2.75, 3.05) is 36.4 Å². The number of aliphatic hydroxyl groups is 1. The van der Waals surface area contributed by atoms with Crippen LogP contribution in [0.5, 0.6) is 0 Å². The van der Waals surface area contributed by atoms with E-state index < -0.39 is 23.3 Å². The fourth-order valence-electron chi connectivity index (χ4n) is 5.30. The number of nitrogens with one attached hydrogen (secondary N) is 1. The third kappa shape index (κ3) is 7.75. The quantitative estimate of drug-likeness (QED) is 0.121. The molecule has 1 fully saturated rings. The minimum atomic E-state index is -3.10. The third-order valence-electron chi connectivity index (χ3n) is 8.25. The number of anilines is 2. The lowest BCUT2D eigenvalue weighted by Crippen LogP contribution is -2.51. The Balaban J connectivity index is 1.58. The average Bonchev–Trinajstić information content (AvgIpc) is 3.45. The number of hydrogen-bond donors (Lipinski definition) is 2. The van der Waals surface area contributed by atoms with Crippen molar-refractivity contribution in [2.45, 2.75) is 66.9 Å². The second-order valence-electron chi connectivity index (χ2n) is 11.9. The Morgan fingerprint density at radius 1 is 1.23 bits per heavy atom. The lowest BCUT2D eigenvalue weighted by Gasteiger charge is -2.37. The van der Waals surface area contributed by atoms with Crippen molar-refractivity contribution in [1.29, 1.82) is 0 Å². The summed E-state index contributed by atoms with van der Waals surface area (Å²) in [7, 11) is 0. The third-order valence-corrected chi connectivity index (χ3v) is 8.57. The van der Waals surface area contributed by atoms with Gasteiger partial charge in [0.25, 0.3) is 17.4 Å². The van der Waals surface area contributed by atoms with Crippen LogP contribution >= 0.6 is 11.6 Å². The lowest BCUT2D eigenvalue weighted by molar-refractivity contribution is -0.127. The van der Waals surface area contributed by atoms with Gasteiger partial charge in [0, 0.05) is 44.9 Å². The number of allylic oxidation sites excluding steroid dienone is 1. The molecule has 1 saturated heterocycles. The van der Waals surface area contributed by atoms with Gasteiger partial charge in [-0.25, -0.2) is 8.78 Å². The number of aliphatic imine (C=N–C) groups is 1. The highest BCUT2D eigenvalue weighted by atomic mass is 35.5. The van der Waals surface area contributed by atoms with Crippen molar-refractivity contribution in [1.82, 2.24) is 24.1 Å². The highest BCUT2D eigenvalue weighted by Crippen LogP contribution is 2.32. The van der Waals surface area contributed by atoms with Crippen LogP contribution in [0.1, 0.15) is 58.1 Å². The summed E-state index contributed by atoms with van der Waals surface area (Å²) in [5.41, 5.74) is 0.525. The summed E-state index contributed by atoms with van der Waals surface area (Å²) < 4.78 is 30.3. The minimum Gasteiger partial charge on any atom is -0.505 e. The van der Waals surface area contributed by atoms with Crippen LogP contribution in [0, 0.1) is 12.8 Å². The SMILES string of the molecule is C=C(C(=O)N1CCN(c2c(CC)n(CC(=O)Nc3ccc(C(C)(F)F)cc3Cl)c3nc(C)nn3c2=O)CC1)/C(O)=C(/C)N=CC(C)CC. The molecule has 1 unspecified atom stereocenters. The molecule has 1 atom stereocenters. The molecule has 4 rings (SSSR count). The second kappa shape index (κ2) is 14.7. The lowest BCUT2D eigenvalue weighted by atomic mass is 10.1. The fraction of sp³-hybridized carbons (Fsp3) is 0.455. The number of aryl methyl sites for hydroxylation is 1. The molecule has 3 heterocycles. The molecule has 0 saturated carbocycles. The van der Waals surface area contributed by atoms with Crippen molar-refractivity contribution in [3.63, 3.8) is 0 Å². The van der Waals surface area contributed by atoms with Gasteiger partial charge in [0.2, 0.25) is 11.7 Å². The van der Waals surface area contributed by atoms with Crippen LogP contribution in [0.3, 0.4) is 0 Å². The van der Waals surface area contributed by atoms with Crippen molar-refractivity contribution in [2.24, 2.45) is 10.9 Å². The summed E-state index contributed by atoms with van der Waals surface area (Å²) in [6, 6.07) is 3.61. The average molecular weight is 687 g/mol. The summed E-state index contributed by atoms with van der Waals surface area (Å²) >= 11 is 6.22. The monoisotopic (exact) mass is 686 g/mol. The minimum absolute atomic E-state index is 0.0463. The Hall–Kier alpha value is -4.59. The van der Waals surface area contributed by atoms with Crippen LogP contribution in [0.2, 0.25) is 5.02 Å². The van der Waals surface area contributed by atoms with Crippen molar-refractivity contribution >= 4 is 46.8 Å². The molecule has 12 nitrogen and oxygen atoms in total. The number of benzene rings is 1. The number of halogens is 3. The van der Waals surface area contributed by atoms with Crippen LogP contribution < -0.4 is 15.8 Å². The van der Waals surface area contributed by atoms with Crippen LogP contribution in [0.4, 0.5) is 20.2 Å². The number of rotatable bonds is 11. The largest absolute Gasteiger partial charge is 0.505 e. The molecule has 2 N–H and O–H groups in total. The maximum Gasteiger partial charge on any atom is 0.299 e. The molecular formula is C33H41ClF2N8O4. The predicted molar refractivity (Wildman–Crippen MR) is 182 cm³/mol. The Labute approximate surface area is 282 Å². The van der Waals surface area contributed by atoms with Crippen LogP contribution in [0.25, 0.3) is 5.78 Å². The maximum atomic E-state index is 13.8. The predicted octanol–water partition coefficient (Wildman–Crippen LogP) is 5.28. The van der Waals surface area contributed by atoms with Crippen LogP contribution in [-0.2, 0) is 28.5 Å². The van der Waals surface area contributed by atoms with Gasteiger partial charge < -0.3 is 24.8 Å². The zero-order valence-corrected chi connectivity index (χ0v) is 28.7. The van der Waals surface area contributed by atoms with Crippen molar-refractivity contribution < 1.29 is 23.5 Å². The topological polar surface area (TPSA) is 137 Å². The number of aromatic nitrogens is 4. The van der Waals surface area contributed by atoms with E-state index in [1.54, 1.807) is 29.5 Å². The molecule has 258 valence electrons. The molecule has 15 heteroatoms. The number of hydrogen-bond acceptors (Lipinski definition) is 8. The number of fused-ring (bicyclic) bond motifs is 1. The van der Waals surface area contributed by atoms with Gasteiger partial charge in [0.15, 0.2) is 0 Å². The number of nitrogens with zero attached hydrogens (tertiary/aromatic N) is 7. The summed E-state index contributed by atoms with van der Waals surface area (Å²) in [6.07, 6.45) is 2.96. The van der Waals surface area contributed by atoms with Gasteiger partial charge in [-0.15, -0.1) is 5.10 Å². The molecule has 48 heavy (non-hydrogen) atoms. The van der Waals surface area contributed by atoms with Crippen molar-refractivity contribution in [3.8, 4) is 0 Å². The van der Waals surface area contributed by atoms with E-state index in [0.29, 0.717) is 29.3 Å². The van der Waals surface area contributed by atoms with E-state index in [-0.39, 0.29) is 72.0 Å². The van der Waals surface area contributed by atoms with E-state index in [0.717, 1.165) is 23.9 Å². The van der Waals surface area contributed by atoms with Crippen LogP contribution in [0.15, 0.2) is 51.6 Å². The molecule has 1 aliphatic heterocycles. The van der Waals surface area contributed by atoms with Gasteiger partial charge in [-0.05, 0) is 44.7 Å². The highest BCUT2D eigenvalue weighted by Gasteiger charge is 2.30. The highest BCUT2D eigenvalue weighted by molar-refractivity contribution is 6.33. The Kier molecular flexibility index (Phi) is 11.1. The first-order valence-electron chi connectivity index (χ1n) is 15.7. The first-order chi connectivity index (χ1) is 22.6. The Bertz CT molecular complexity index is 1850. The van der Waals surface area contributed by atoms with Gasteiger partial charge in [-0.1, -0.05) is 45.0 Å². The molecule has 3 aromatic rings. The molecule has 0 aliphatic carbocycles. The van der Waals surface area contributed by atoms with Gasteiger partial charge >= 0.3 is 0 Å². The number of alkyl halides is 2. The Morgan fingerprint density at radius 2 is 1.90 bits per heavy atom. The number of amides is 2. The van der Waals surface area contributed by atoms with E-state index >= 15 is 0 Å². The molecule has 0 radical (unpaired) electrons. The normalized spacial score (nSPS) is 15.2. The zero-order valence-electron chi connectivity index (χ0n) is 28.0. The molecular weight excluding hydrogens is 646 g/mol. The number of carbonyl (C=O) groups is 2. The second-order valence-corrected chi connectivity index (χ2v) is 12.3. The summed E-state index contributed by atoms with van der Waals surface area (Å²) in [4.78, 5) is 52.4. The molecule has 1 aromatic carbocycles. The smallest absolute Gasteiger partial charge is 0.299 e. The maximum absolute atomic E-state index is 13.8. The summed E-state index contributed by atoms with van der Waals surface area (Å²) in [5.74, 6) is -3.63. The van der Waals surface area contributed by atoms with Crippen LogP contribution in [-0.4, -0.2) is 73.4 Å². The fourth-order valence-corrected chi connectivity index (χ4v) is 5.53. The van der Waals surface area contributed by atoms with E-state index in [2.05, 4.69) is 27.0 Å².